The van der Waals surface area contributed by atoms with Gasteiger partial charge in [-0.2, -0.15) is 0 Å². The van der Waals surface area contributed by atoms with Crippen LogP contribution in [-0.2, 0) is 4.79 Å². The van der Waals surface area contributed by atoms with E-state index < -0.39 is 5.97 Å². The molecule has 0 fully saturated rings. The Morgan fingerprint density at radius 1 is 1.21 bits per heavy atom. The number of dihydropyridines is 1. The number of hydrogen-bond acceptors (Lipinski definition) is 2. The molecule has 0 spiro atoms. The highest BCUT2D eigenvalue weighted by Gasteiger charge is 2.18. The van der Waals surface area contributed by atoms with Gasteiger partial charge in [0, 0.05) is 12.4 Å². The molecule has 0 aromatic rings. The fraction of sp³-hybridized carbons (Fsp3) is 0. The Labute approximate surface area is 81.4 Å². The zero-order chi connectivity index (χ0) is 9.97. The van der Waals surface area contributed by atoms with Gasteiger partial charge in [-0.15, -0.1) is 0 Å². The first-order chi connectivity index (χ1) is 6.79. The maximum atomic E-state index is 10.9. The fourth-order valence-corrected chi connectivity index (χ4v) is 1.40. The molecule has 0 aromatic heterocycles. The predicted octanol–water partition coefficient (Wildman–Crippen LogP) is 1.49. The summed E-state index contributed by atoms with van der Waals surface area (Å²) in [6.45, 7) is 0. The van der Waals surface area contributed by atoms with E-state index in [9.17, 15) is 4.79 Å². The Bertz CT molecular complexity index is 423. The van der Waals surface area contributed by atoms with E-state index in [4.69, 9.17) is 5.11 Å². The number of fused-ring (bicyclic) bond motifs is 1. The molecule has 1 heterocycles. The van der Waals surface area contributed by atoms with Crippen LogP contribution in [0.15, 0.2) is 59.5 Å². The average molecular weight is 187 g/mol. The molecule has 0 bridgehead atoms. The first-order valence-corrected chi connectivity index (χ1v) is 4.24. The topological polar surface area (TPSA) is 49.3 Å². The highest BCUT2D eigenvalue weighted by molar-refractivity contribution is 5.94. The number of allylic oxidation sites excluding steroid dienone is 6. The summed E-state index contributed by atoms with van der Waals surface area (Å²) < 4.78 is 0. The van der Waals surface area contributed by atoms with Crippen LogP contribution in [0.1, 0.15) is 0 Å². The van der Waals surface area contributed by atoms with E-state index >= 15 is 0 Å². The molecule has 2 N–H and O–H groups in total. The first-order valence-electron chi connectivity index (χ1n) is 4.24. The SMILES string of the molecule is O=C(O)C1=CNC=C2C=CC=CC=C21. The third-order valence-corrected chi connectivity index (χ3v) is 2.06. The third kappa shape index (κ3) is 1.40. The van der Waals surface area contributed by atoms with Crippen LogP contribution >= 0.6 is 0 Å². The summed E-state index contributed by atoms with van der Waals surface area (Å²) in [5.74, 6) is -0.918. The number of carboxylic acids is 1. The lowest BCUT2D eigenvalue weighted by Crippen LogP contribution is -2.14. The molecule has 0 unspecified atom stereocenters. The maximum absolute atomic E-state index is 10.9. The van der Waals surface area contributed by atoms with Crippen molar-refractivity contribution < 1.29 is 9.90 Å². The second-order valence-electron chi connectivity index (χ2n) is 2.95. The summed E-state index contributed by atoms with van der Waals surface area (Å²) in [5, 5.41) is 11.8. The lowest BCUT2D eigenvalue weighted by Gasteiger charge is -2.13. The second-order valence-corrected chi connectivity index (χ2v) is 2.95. The number of hydrogen-bond donors (Lipinski definition) is 2. The van der Waals surface area contributed by atoms with E-state index in [2.05, 4.69) is 5.32 Å². The Hall–Kier alpha value is -2.03. The van der Waals surface area contributed by atoms with Crippen molar-refractivity contribution in [3.05, 3.63) is 59.5 Å². The smallest absolute Gasteiger partial charge is 0.337 e. The van der Waals surface area contributed by atoms with Crippen molar-refractivity contribution in [3.8, 4) is 0 Å². The maximum Gasteiger partial charge on any atom is 0.337 e. The van der Waals surface area contributed by atoms with Gasteiger partial charge in [0.2, 0.25) is 0 Å². The largest absolute Gasteiger partial charge is 0.478 e. The van der Waals surface area contributed by atoms with Crippen molar-refractivity contribution in [3.63, 3.8) is 0 Å². The van der Waals surface area contributed by atoms with Crippen LogP contribution in [0, 0.1) is 0 Å². The summed E-state index contributed by atoms with van der Waals surface area (Å²) in [4.78, 5) is 10.9. The van der Waals surface area contributed by atoms with E-state index in [0.717, 1.165) is 11.1 Å². The molecule has 2 aliphatic rings. The number of aliphatic carboxylic acids is 1. The van der Waals surface area contributed by atoms with Crippen LogP contribution < -0.4 is 5.32 Å². The van der Waals surface area contributed by atoms with Crippen molar-refractivity contribution in [2.45, 2.75) is 0 Å². The van der Waals surface area contributed by atoms with Crippen LogP contribution in [-0.4, -0.2) is 11.1 Å². The van der Waals surface area contributed by atoms with E-state index in [1.165, 1.54) is 6.20 Å². The summed E-state index contributed by atoms with van der Waals surface area (Å²) in [6, 6.07) is 0. The van der Waals surface area contributed by atoms with Gasteiger partial charge in [0.25, 0.3) is 0 Å². The normalized spacial score (nSPS) is 18.4. The van der Waals surface area contributed by atoms with Gasteiger partial charge in [-0.3, -0.25) is 0 Å². The van der Waals surface area contributed by atoms with Gasteiger partial charge in [0.15, 0.2) is 0 Å². The number of rotatable bonds is 1. The van der Waals surface area contributed by atoms with Crippen molar-refractivity contribution in [1.82, 2.24) is 5.32 Å². The molecule has 0 atom stereocenters. The summed E-state index contributed by atoms with van der Waals surface area (Å²) in [6.07, 6.45) is 12.5. The number of carboxylic acid groups (broad SMARTS) is 1. The first kappa shape index (κ1) is 8.56. The average Bonchev–Trinajstić information content (AvgIpc) is 2.41. The standard InChI is InChI=1S/C11H9NO2/c13-11(14)10-7-12-6-8-4-2-1-3-5-9(8)10/h1-7,12H,(H,13,14). The molecule has 3 heteroatoms. The van der Waals surface area contributed by atoms with Gasteiger partial charge in [-0.1, -0.05) is 30.4 Å². The summed E-state index contributed by atoms with van der Waals surface area (Å²) >= 11 is 0. The van der Waals surface area contributed by atoms with Gasteiger partial charge in [0.1, 0.15) is 0 Å². The Balaban J connectivity index is 2.47. The third-order valence-electron chi connectivity index (χ3n) is 2.06. The van der Waals surface area contributed by atoms with Crippen LogP contribution in [0.25, 0.3) is 0 Å². The van der Waals surface area contributed by atoms with E-state index in [0.29, 0.717) is 5.57 Å². The molecular weight excluding hydrogens is 178 g/mol. The van der Waals surface area contributed by atoms with Gasteiger partial charge in [0.05, 0.1) is 5.57 Å². The molecule has 0 amide bonds. The zero-order valence-corrected chi connectivity index (χ0v) is 7.40. The van der Waals surface area contributed by atoms with Crippen molar-refractivity contribution in [2.24, 2.45) is 0 Å². The Morgan fingerprint density at radius 3 is 2.86 bits per heavy atom. The van der Waals surface area contributed by atoms with Gasteiger partial charge in [-0.25, -0.2) is 4.79 Å². The molecule has 0 saturated carbocycles. The molecule has 0 radical (unpaired) electrons. The van der Waals surface area contributed by atoms with E-state index in [1.807, 2.05) is 24.3 Å². The summed E-state index contributed by atoms with van der Waals surface area (Å²) in [5.41, 5.74) is 1.91. The molecule has 2 rings (SSSR count). The Morgan fingerprint density at radius 2 is 2.07 bits per heavy atom. The zero-order valence-electron chi connectivity index (χ0n) is 7.40. The molecule has 3 nitrogen and oxygen atoms in total. The molecule has 1 aliphatic heterocycles. The minimum absolute atomic E-state index is 0.290. The lowest BCUT2D eigenvalue weighted by atomic mass is 9.97. The quantitative estimate of drug-likeness (QED) is 0.654. The van der Waals surface area contributed by atoms with Crippen LogP contribution in [0.2, 0.25) is 0 Å². The Kier molecular flexibility index (Phi) is 2.07. The second kappa shape index (κ2) is 3.38. The molecule has 0 aromatic carbocycles. The van der Waals surface area contributed by atoms with E-state index in [1.54, 1.807) is 12.3 Å². The number of carbonyl (C=O) groups is 1. The van der Waals surface area contributed by atoms with Crippen LogP contribution in [0.3, 0.4) is 0 Å². The molecule has 14 heavy (non-hydrogen) atoms. The highest BCUT2D eigenvalue weighted by Crippen LogP contribution is 2.24. The van der Waals surface area contributed by atoms with Crippen molar-refractivity contribution in [2.75, 3.05) is 0 Å². The van der Waals surface area contributed by atoms with Crippen LogP contribution in [0.5, 0.6) is 0 Å². The molecule has 0 saturated heterocycles. The minimum Gasteiger partial charge on any atom is -0.478 e. The molecule has 1 aliphatic carbocycles. The predicted molar refractivity (Wildman–Crippen MR) is 53.3 cm³/mol. The number of nitrogens with one attached hydrogen (secondary N) is 1. The molecule has 70 valence electrons. The van der Waals surface area contributed by atoms with Gasteiger partial charge >= 0.3 is 5.97 Å². The lowest BCUT2D eigenvalue weighted by molar-refractivity contribution is -0.132. The van der Waals surface area contributed by atoms with Gasteiger partial charge in [-0.05, 0) is 11.1 Å². The molecular formula is C11H9NO2. The summed E-state index contributed by atoms with van der Waals surface area (Å²) in [7, 11) is 0. The van der Waals surface area contributed by atoms with Crippen molar-refractivity contribution in [1.29, 1.82) is 0 Å². The van der Waals surface area contributed by atoms with Gasteiger partial charge < -0.3 is 10.4 Å². The van der Waals surface area contributed by atoms with Crippen LogP contribution in [0.4, 0.5) is 0 Å². The highest BCUT2D eigenvalue weighted by atomic mass is 16.4. The fourth-order valence-electron chi connectivity index (χ4n) is 1.40. The van der Waals surface area contributed by atoms with Crippen molar-refractivity contribution >= 4 is 5.97 Å². The monoisotopic (exact) mass is 187 g/mol. The minimum atomic E-state index is -0.918. The van der Waals surface area contributed by atoms with E-state index in [-0.39, 0.29) is 0 Å².